The van der Waals surface area contributed by atoms with Crippen molar-refractivity contribution in [3.63, 3.8) is 0 Å². The highest BCUT2D eigenvalue weighted by molar-refractivity contribution is 6.32. The number of nitrogens with zero attached hydrogens (tertiary/aromatic N) is 3. The largest absolute Gasteiger partial charge is 0.435 e. The van der Waals surface area contributed by atoms with Crippen LogP contribution in [0.4, 0.5) is 18.9 Å². The highest BCUT2D eigenvalue weighted by atomic mass is 35.5. The van der Waals surface area contributed by atoms with Gasteiger partial charge in [0.15, 0.2) is 17.7 Å². The predicted molar refractivity (Wildman–Crippen MR) is 118 cm³/mol. The zero-order valence-electron chi connectivity index (χ0n) is 18.3. The Morgan fingerprint density at radius 1 is 1.21 bits per heavy atom. The summed E-state index contributed by atoms with van der Waals surface area (Å²) < 4.78 is 41.0. The van der Waals surface area contributed by atoms with E-state index in [0.29, 0.717) is 11.6 Å². The van der Waals surface area contributed by atoms with Crippen molar-refractivity contribution in [2.75, 3.05) is 5.32 Å². The Kier molecular flexibility index (Phi) is 6.99. The van der Waals surface area contributed by atoms with E-state index in [9.17, 15) is 23.1 Å². The summed E-state index contributed by atoms with van der Waals surface area (Å²) in [4.78, 5) is 16.7. The average molecular weight is 482 g/mol. The lowest BCUT2D eigenvalue weighted by molar-refractivity contribution is -0.141. The van der Waals surface area contributed by atoms with Gasteiger partial charge in [0.1, 0.15) is 0 Å². The Hall–Kier alpha value is -3.11. The second-order valence-electron chi connectivity index (χ2n) is 7.85. The molecule has 1 atom stereocenters. The minimum Gasteiger partial charge on any atom is -0.368 e. The van der Waals surface area contributed by atoms with Crippen molar-refractivity contribution < 1.29 is 23.1 Å². The molecule has 1 unspecified atom stereocenters. The van der Waals surface area contributed by atoms with Gasteiger partial charge in [0, 0.05) is 12.2 Å². The fourth-order valence-electron chi connectivity index (χ4n) is 3.32. The van der Waals surface area contributed by atoms with Crippen LogP contribution in [0, 0.1) is 13.8 Å². The van der Waals surface area contributed by atoms with Crippen molar-refractivity contribution in [3.8, 4) is 5.82 Å². The lowest BCUT2D eigenvalue weighted by atomic mass is 10.0. The third kappa shape index (κ3) is 5.45. The molecule has 0 saturated carbocycles. The quantitative estimate of drug-likeness (QED) is 0.440. The highest BCUT2D eigenvalue weighted by Crippen LogP contribution is 2.33. The van der Waals surface area contributed by atoms with Crippen molar-refractivity contribution in [2.45, 2.75) is 46.1 Å². The molecule has 3 N–H and O–H groups in total. The molecule has 0 saturated heterocycles. The van der Waals surface area contributed by atoms with E-state index < -0.39 is 18.1 Å². The summed E-state index contributed by atoms with van der Waals surface area (Å²) in [5.41, 5.74) is 0.488. The molecule has 1 aromatic carbocycles. The monoisotopic (exact) mass is 481 g/mol. The number of alkyl halides is 3. The lowest BCUT2D eigenvalue weighted by Crippen LogP contribution is -2.31. The Bertz CT molecular complexity index is 1180. The minimum absolute atomic E-state index is 0.0475. The molecule has 11 heteroatoms. The topological polar surface area (TPSA) is 92.1 Å². The number of hydrogen-bond acceptors (Lipinski definition) is 5. The van der Waals surface area contributed by atoms with Gasteiger partial charge in [0.05, 0.1) is 22.0 Å². The van der Waals surface area contributed by atoms with Crippen molar-refractivity contribution >= 4 is 23.2 Å². The molecule has 0 aliphatic carbocycles. The van der Waals surface area contributed by atoms with E-state index in [1.807, 2.05) is 6.92 Å². The van der Waals surface area contributed by atoms with E-state index in [1.54, 1.807) is 32.9 Å². The number of nitrogens with one attached hydrogen (secondary N) is 2. The molecule has 7 nitrogen and oxygen atoms in total. The number of hydrogen-bond donors (Lipinski definition) is 3. The van der Waals surface area contributed by atoms with Crippen LogP contribution in [0.1, 0.15) is 52.9 Å². The maximum Gasteiger partial charge on any atom is 0.435 e. The molecule has 1 amide bonds. The van der Waals surface area contributed by atoms with Crippen LogP contribution < -0.4 is 10.6 Å². The van der Waals surface area contributed by atoms with Crippen LogP contribution in [0.5, 0.6) is 0 Å². The third-order valence-electron chi connectivity index (χ3n) is 4.67. The van der Waals surface area contributed by atoms with E-state index in [-0.39, 0.29) is 39.7 Å². The SMILES string of the molecule is Cc1cc(C)c(NC(O)c2cc(C(F)(F)F)nn2-c2ncccc2Cl)c(C(=O)NC(C)C)c1. The standard InChI is InChI=1S/C22H23ClF3N5O2/c1-11(2)28-20(32)14-9-12(3)8-13(4)18(14)29-21(33)16-10-17(22(24,25)26)30-31(16)19-15(23)6-5-7-27-19/h5-11,21,29,33H,1-4H3,(H,28,32). The summed E-state index contributed by atoms with van der Waals surface area (Å²) >= 11 is 6.12. The number of amides is 1. The summed E-state index contributed by atoms with van der Waals surface area (Å²) in [5, 5.41) is 20.1. The van der Waals surface area contributed by atoms with Gasteiger partial charge >= 0.3 is 6.18 Å². The summed E-state index contributed by atoms with van der Waals surface area (Å²) in [6, 6.07) is 6.95. The first-order chi connectivity index (χ1) is 15.4. The van der Waals surface area contributed by atoms with E-state index >= 15 is 0 Å². The Morgan fingerprint density at radius 3 is 2.52 bits per heavy atom. The maximum atomic E-state index is 13.4. The van der Waals surface area contributed by atoms with Gasteiger partial charge in [-0.25, -0.2) is 9.67 Å². The molecular formula is C22H23ClF3N5O2. The molecule has 0 aliphatic rings. The number of aryl methyl sites for hydroxylation is 2. The van der Waals surface area contributed by atoms with Crippen LogP contribution in [-0.4, -0.2) is 31.8 Å². The van der Waals surface area contributed by atoms with E-state index in [4.69, 9.17) is 11.6 Å². The Labute approximate surface area is 193 Å². The molecule has 33 heavy (non-hydrogen) atoms. The van der Waals surface area contributed by atoms with Crippen LogP contribution in [-0.2, 0) is 6.18 Å². The number of rotatable bonds is 6. The number of pyridine rings is 1. The number of anilines is 1. The molecule has 3 rings (SSSR count). The number of aliphatic hydroxyl groups excluding tert-OH is 1. The van der Waals surface area contributed by atoms with Gasteiger partial charge < -0.3 is 15.7 Å². The fraction of sp³-hybridized carbons (Fsp3) is 0.318. The Balaban J connectivity index is 2.09. The summed E-state index contributed by atoms with van der Waals surface area (Å²) in [6.45, 7) is 7.14. The Morgan fingerprint density at radius 2 is 1.91 bits per heavy atom. The number of benzene rings is 1. The van der Waals surface area contributed by atoms with Crippen LogP contribution in [0.25, 0.3) is 5.82 Å². The number of aromatic nitrogens is 3. The molecule has 176 valence electrons. The van der Waals surface area contributed by atoms with Crippen LogP contribution in [0.2, 0.25) is 5.02 Å². The van der Waals surface area contributed by atoms with Gasteiger partial charge in [-0.15, -0.1) is 0 Å². The lowest BCUT2D eigenvalue weighted by Gasteiger charge is -2.21. The third-order valence-corrected chi connectivity index (χ3v) is 4.97. The molecule has 0 aliphatic heterocycles. The van der Waals surface area contributed by atoms with Gasteiger partial charge in [-0.2, -0.15) is 18.3 Å². The predicted octanol–water partition coefficient (Wildman–Crippen LogP) is 4.80. The molecule has 0 radical (unpaired) electrons. The van der Waals surface area contributed by atoms with Gasteiger partial charge in [-0.3, -0.25) is 4.79 Å². The van der Waals surface area contributed by atoms with Gasteiger partial charge in [-0.1, -0.05) is 17.7 Å². The van der Waals surface area contributed by atoms with Gasteiger partial charge in [0.25, 0.3) is 5.91 Å². The molecule has 2 aromatic heterocycles. The molecular weight excluding hydrogens is 459 g/mol. The first kappa shape index (κ1) is 24.5. The van der Waals surface area contributed by atoms with Gasteiger partial charge in [0.2, 0.25) is 0 Å². The normalized spacial score (nSPS) is 12.7. The zero-order chi connectivity index (χ0) is 24.5. The van der Waals surface area contributed by atoms with Crippen molar-refractivity contribution in [2.24, 2.45) is 0 Å². The second kappa shape index (κ2) is 9.40. The smallest absolute Gasteiger partial charge is 0.368 e. The summed E-state index contributed by atoms with van der Waals surface area (Å²) in [6.07, 6.45) is -5.08. The summed E-state index contributed by atoms with van der Waals surface area (Å²) in [7, 11) is 0. The van der Waals surface area contributed by atoms with Crippen LogP contribution in [0.3, 0.4) is 0 Å². The van der Waals surface area contributed by atoms with E-state index in [0.717, 1.165) is 10.2 Å². The molecule has 0 bridgehead atoms. The molecule has 3 aromatic rings. The van der Waals surface area contributed by atoms with E-state index in [2.05, 4.69) is 20.7 Å². The van der Waals surface area contributed by atoms with Gasteiger partial charge in [-0.05, 0) is 63.1 Å². The second-order valence-corrected chi connectivity index (χ2v) is 8.26. The maximum absolute atomic E-state index is 13.4. The van der Waals surface area contributed by atoms with Crippen LogP contribution >= 0.6 is 11.6 Å². The van der Waals surface area contributed by atoms with Crippen LogP contribution in [0.15, 0.2) is 36.5 Å². The molecule has 0 spiro atoms. The highest BCUT2D eigenvalue weighted by Gasteiger charge is 2.36. The number of carbonyl (C=O) groups is 1. The molecule has 0 fully saturated rings. The first-order valence-electron chi connectivity index (χ1n) is 10.0. The number of halogens is 4. The fourth-order valence-corrected chi connectivity index (χ4v) is 3.52. The summed E-state index contributed by atoms with van der Waals surface area (Å²) in [5.74, 6) is -0.465. The average Bonchev–Trinajstić information content (AvgIpc) is 3.15. The zero-order valence-corrected chi connectivity index (χ0v) is 19.1. The van der Waals surface area contributed by atoms with Crippen molar-refractivity contribution in [1.29, 1.82) is 0 Å². The first-order valence-corrected chi connectivity index (χ1v) is 10.4. The van der Waals surface area contributed by atoms with Crippen molar-refractivity contribution in [3.05, 3.63) is 69.6 Å². The minimum atomic E-state index is -4.76. The number of aliphatic hydroxyl groups is 1. The molecule has 2 heterocycles. The van der Waals surface area contributed by atoms with E-state index in [1.165, 1.54) is 18.3 Å². The van der Waals surface area contributed by atoms with Crippen molar-refractivity contribution in [1.82, 2.24) is 20.1 Å². The number of carbonyl (C=O) groups excluding carboxylic acids is 1.